The van der Waals surface area contributed by atoms with Gasteiger partial charge in [0.15, 0.2) is 6.61 Å². The molecule has 0 atom stereocenters. The lowest BCUT2D eigenvalue weighted by Gasteiger charge is -2.11. The fraction of sp³-hybridized carbons (Fsp3) is 0.0800. The molecule has 0 aliphatic rings. The molecule has 0 unspecified atom stereocenters. The number of amides is 2. The van der Waals surface area contributed by atoms with Crippen molar-refractivity contribution in [3.63, 3.8) is 0 Å². The van der Waals surface area contributed by atoms with E-state index in [1.165, 1.54) is 6.08 Å². The predicted molar refractivity (Wildman–Crippen MR) is 127 cm³/mol. The highest BCUT2D eigenvalue weighted by Gasteiger charge is 2.13. The topological polar surface area (TPSA) is 100 Å². The summed E-state index contributed by atoms with van der Waals surface area (Å²) in [7, 11) is 1.56. The number of benzene rings is 3. The summed E-state index contributed by atoms with van der Waals surface area (Å²) in [4.78, 5) is 24.8. The van der Waals surface area contributed by atoms with Crippen LogP contribution in [0.3, 0.4) is 0 Å². The molecule has 0 heterocycles. The highest BCUT2D eigenvalue weighted by atomic mass is 35.5. The molecule has 0 aromatic heterocycles. The molecule has 0 saturated carbocycles. The first-order chi connectivity index (χ1) is 16.0. The van der Waals surface area contributed by atoms with E-state index in [0.29, 0.717) is 33.5 Å². The summed E-state index contributed by atoms with van der Waals surface area (Å²) in [5.74, 6) is 0.00947. The highest BCUT2D eigenvalue weighted by Crippen LogP contribution is 2.26. The SMILES string of the molecule is COc1ccc(NC(=O)COc2ccc(Cl)cc2/C=C(\C#N)C(=O)Nc2ccccc2)cc1. The molecule has 33 heavy (non-hydrogen) atoms. The van der Waals surface area contributed by atoms with Crippen molar-refractivity contribution in [1.29, 1.82) is 5.26 Å². The van der Waals surface area contributed by atoms with Gasteiger partial charge in [-0.1, -0.05) is 29.8 Å². The minimum absolute atomic E-state index is 0.145. The Balaban J connectivity index is 1.71. The lowest BCUT2D eigenvalue weighted by atomic mass is 10.1. The Hall–Kier alpha value is -4.28. The summed E-state index contributed by atoms with van der Waals surface area (Å²) in [6.45, 7) is -0.285. The van der Waals surface area contributed by atoms with Crippen LogP contribution in [0.5, 0.6) is 11.5 Å². The number of ether oxygens (including phenoxy) is 2. The van der Waals surface area contributed by atoms with E-state index in [-0.39, 0.29) is 18.1 Å². The number of methoxy groups -OCH3 is 1. The summed E-state index contributed by atoms with van der Waals surface area (Å²) >= 11 is 6.09. The van der Waals surface area contributed by atoms with Crippen molar-refractivity contribution in [3.8, 4) is 17.6 Å². The molecule has 166 valence electrons. The number of nitriles is 1. The zero-order chi connectivity index (χ0) is 23.6. The average molecular weight is 462 g/mol. The van der Waals surface area contributed by atoms with Crippen molar-refractivity contribution in [3.05, 3.63) is 89.0 Å². The minimum Gasteiger partial charge on any atom is -0.497 e. The van der Waals surface area contributed by atoms with Gasteiger partial charge < -0.3 is 20.1 Å². The highest BCUT2D eigenvalue weighted by molar-refractivity contribution is 6.30. The van der Waals surface area contributed by atoms with Crippen LogP contribution in [0, 0.1) is 11.3 Å². The molecular weight excluding hydrogens is 442 g/mol. The number of nitrogens with zero attached hydrogens (tertiary/aromatic N) is 1. The molecule has 3 rings (SSSR count). The molecule has 2 amide bonds. The third-order valence-corrected chi connectivity index (χ3v) is 4.64. The maximum atomic E-state index is 12.5. The van der Waals surface area contributed by atoms with Crippen LogP contribution in [0.15, 0.2) is 78.4 Å². The van der Waals surface area contributed by atoms with Gasteiger partial charge in [-0.2, -0.15) is 5.26 Å². The van der Waals surface area contributed by atoms with E-state index in [1.54, 1.807) is 73.8 Å². The molecule has 0 radical (unpaired) electrons. The molecular formula is C25H20ClN3O4. The van der Waals surface area contributed by atoms with Crippen molar-refractivity contribution >= 4 is 40.9 Å². The van der Waals surface area contributed by atoms with Crippen LogP contribution in [0.2, 0.25) is 5.02 Å². The Morgan fingerprint density at radius 2 is 1.70 bits per heavy atom. The number of nitrogens with one attached hydrogen (secondary N) is 2. The third kappa shape index (κ3) is 6.86. The van der Waals surface area contributed by atoms with Crippen molar-refractivity contribution in [1.82, 2.24) is 0 Å². The molecule has 3 aromatic carbocycles. The predicted octanol–water partition coefficient (Wildman–Crippen LogP) is 4.91. The van der Waals surface area contributed by atoms with Crippen LogP contribution >= 0.6 is 11.6 Å². The number of carbonyl (C=O) groups excluding carboxylic acids is 2. The summed E-state index contributed by atoms with van der Waals surface area (Å²) in [5.41, 5.74) is 1.39. The maximum Gasteiger partial charge on any atom is 0.266 e. The second-order valence-corrected chi connectivity index (χ2v) is 7.17. The van der Waals surface area contributed by atoms with E-state index in [9.17, 15) is 14.9 Å². The fourth-order valence-corrected chi connectivity index (χ4v) is 2.98. The number of anilines is 2. The van der Waals surface area contributed by atoms with Gasteiger partial charge in [-0.05, 0) is 60.7 Å². The van der Waals surface area contributed by atoms with E-state index < -0.39 is 5.91 Å². The number of hydrogen-bond acceptors (Lipinski definition) is 5. The van der Waals surface area contributed by atoms with Crippen molar-refractivity contribution in [2.24, 2.45) is 0 Å². The monoisotopic (exact) mass is 461 g/mol. The zero-order valence-corrected chi connectivity index (χ0v) is 18.4. The van der Waals surface area contributed by atoms with Gasteiger partial charge >= 0.3 is 0 Å². The second-order valence-electron chi connectivity index (χ2n) is 6.74. The molecule has 2 N–H and O–H groups in total. The van der Waals surface area contributed by atoms with Crippen LogP contribution in [0.1, 0.15) is 5.56 Å². The average Bonchev–Trinajstić information content (AvgIpc) is 2.83. The largest absolute Gasteiger partial charge is 0.497 e. The summed E-state index contributed by atoms with van der Waals surface area (Å²) < 4.78 is 10.7. The van der Waals surface area contributed by atoms with Gasteiger partial charge in [0, 0.05) is 22.0 Å². The maximum absolute atomic E-state index is 12.5. The van der Waals surface area contributed by atoms with Gasteiger partial charge in [-0.25, -0.2) is 0 Å². The smallest absolute Gasteiger partial charge is 0.266 e. The summed E-state index contributed by atoms with van der Waals surface area (Å²) in [5, 5.41) is 15.2. The summed E-state index contributed by atoms with van der Waals surface area (Å²) in [6.07, 6.45) is 1.36. The van der Waals surface area contributed by atoms with Crippen LogP contribution in [-0.2, 0) is 9.59 Å². The van der Waals surface area contributed by atoms with Gasteiger partial charge in [0.1, 0.15) is 23.1 Å². The lowest BCUT2D eigenvalue weighted by Crippen LogP contribution is -2.20. The van der Waals surface area contributed by atoms with E-state index in [1.807, 2.05) is 12.1 Å². The molecule has 0 bridgehead atoms. The normalized spacial score (nSPS) is 10.6. The zero-order valence-electron chi connectivity index (χ0n) is 17.7. The Labute approximate surface area is 196 Å². The first-order valence-corrected chi connectivity index (χ1v) is 10.2. The minimum atomic E-state index is -0.577. The van der Waals surface area contributed by atoms with Gasteiger partial charge in [0.25, 0.3) is 11.8 Å². The van der Waals surface area contributed by atoms with E-state index in [2.05, 4.69) is 10.6 Å². The molecule has 0 fully saturated rings. The Morgan fingerprint density at radius 1 is 1.00 bits per heavy atom. The van der Waals surface area contributed by atoms with Crippen LogP contribution < -0.4 is 20.1 Å². The Morgan fingerprint density at radius 3 is 2.36 bits per heavy atom. The summed E-state index contributed by atoms with van der Waals surface area (Å²) in [6, 6.07) is 22.2. The third-order valence-electron chi connectivity index (χ3n) is 4.40. The molecule has 0 aliphatic carbocycles. The standard InChI is InChI=1S/C25H20ClN3O4/c1-32-22-10-8-21(9-11-22)28-24(30)16-33-23-12-7-19(26)14-17(23)13-18(15-27)25(31)29-20-5-3-2-4-6-20/h2-14H,16H2,1H3,(H,28,30)(H,29,31)/b18-13+. The number of carbonyl (C=O) groups is 2. The quantitative estimate of drug-likeness (QED) is 0.366. The Bertz CT molecular complexity index is 1200. The number of para-hydroxylation sites is 1. The number of halogens is 1. The van der Waals surface area contributed by atoms with Crippen molar-refractivity contribution < 1.29 is 19.1 Å². The fourth-order valence-electron chi connectivity index (χ4n) is 2.80. The second kappa shape index (κ2) is 11.4. The molecule has 0 spiro atoms. The van der Waals surface area contributed by atoms with Crippen LogP contribution in [-0.4, -0.2) is 25.5 Å². The molecule has 0 saturated heterocycles. The first kappa shape index (κ1) is 23.4. The van der Waals surface area contributed by atoms with Gasteiger partial charge in [0.2, 0.25) is 0 Å². The molecule has 7 nitrogen and oxygen atoms in total. The number of rotatable bonds is 8. The van der Waals surface area contributed by atoms with Gasteiger partial charge in [-0.15, -0.1) is 0 Å². The Kier molecular flexibility index (Phi) is 8.06. The van der Waals surface area contributed by atoms with Crippen molar-refractivity contribution in [2.75, 3.05) is 24.4 Å². The van der Waals surface area contributed by atoms with E-state index in [0.717, 1.165) is 0 Å². The number of hydrogen-bond donors (Lipinski definition) is 2. The van der Waals surface area contributed by atoms with E-state index in [4.69, 9.17) is 21.1 Å². The molecule has 3 aromatic rings. The van der Waals surface area contributed by atoms with Crippen molar-refractivity contribution in [2.45, 2.75) is 0 Å². The molecule has 0 aliphatic heterocycles. The van der Waals surface area contributed by atoms with E-state index >= 15 is 0 Å². The first-order valence-electron chi connectivity index (χ1n) is 9.83. The molecule has 8 heteroatoms. The van der Waals surface area contributed by atoms with Crippen LogP contribution in [0.4, 0.5) is 11.4 Å². The lowest BCUT2D eigenvalue weighted by molar-refractivity contribution is -0.118. The van der Waals surface area contributed by atoms with Crippen LogP contribution in [0.25, 0.3) is 6.08 Å². The van der Waals surface area contributed by atoms with Gasteiger partial charge in [0.05, 0.1) is 7.11 Å². The van der Waals surface area contributed by atoms with Gasteiger partial charge in [-0.3, -0.25) is 9.59 Å².